The molecule has 0 unspecified atom stereocenters. The van der Waals surface area contributed by atoms with Gasteiger partial charge in [0, 0.05) is 11.5 Å². The minimum atomic E-state index is 0.463. The van der Waals surface area contributed by atoms with Gasteiger partial charge in [0.25, 0.3) is 0 Å². The van der Waals surface area contributed by atoms with E-state index in [-0.39, 0.29) is 0 Å². The van der Waals surface area contributed by atoms with Crippen LogP contribution in [0.1, 0.15) is 45.2 Å². The lowest BCUT2D eigenvalue weighted by Crippen LogP contribution is -2.36. The Bertz CT molecular complexity index is 702. The summed E-state index contributed by atoms with van der Waals surface area (Å²) in [6.07, 6.45) is 2.20. The number of fused-ring (bicyclic) bond motifs is 3. The molecule has 1 heteroatoms. The number of aromatic nitrogens is 1. The highest BCUT2D eigenvalue weighted by Crippen LogP contribution is 2.30. The van der Waals surface area contributed by atoms with Gasteiger partial charge in [0.2, 0.25) is 5.52 Å². The molecule has 0 fully saturated rings. The standard InChI is InChI=1S/C19H22N/c1-13(2)17-9-5-7-15-10-11-16-8-6-12-20(14(3)4)19(16)18(15)17/h5-14H,1-4H3/q+1. The molecular weight excluding hydrogens is 242 g/mol. The maximum atomic E-state index is 2.39. The number of pyridine rings is 1. The van der Waals surface area contributed by atoms with E-state index >= 15 is 0 Å². The van der Waals surface area contributed by atoms with Gasteiger partial charge < -0.3 is 0 Å². The third-order valence-corrected chi connectivity index (χ3v) is 4.04. The monoisotopic (exact) mass is 264 g/mol. The smallest absolute Gasteiger partial charge is 0.196 e. The molecule has 20 heavy (non-hydrogen) atoms. The highest BCUT2D eigenvalue weighted by molar-refractivity contribution is 6.05. The molecular formula is C19H22N+. The molecule has 0 radical (unpaired) electrons. The van der Waals surface area contributed by atoms with E-state index < -0.39 is 0 Å². The van der Waals surface area contributed by atoms with Crippen LogP contribution in [0.25, 0.3) is 21.7 Å². The van der Waals surface area contributed by atoms with Gasteiger partial charge in [0.1, 0.15) is 0 Å². The molecule has 0 aliphatic carbocycles. The van der Waals surface area contributed by atoms with Crippen molar-refractivity contribution < 1.29 is 4.57 Å². The van der Waals surface area contributed by atoms with Crippen LogP contribution in [-0.4, -0.2) is 0 Å². The molecule has 0 spiro atoms. The molecule has 1 nitrogen and oxygen atoms in total. The summed E-state index contributed by atoms with van der Waals surface area (Å²) in [6, 6.07) is 16.0. The average molecular weight is 264 g/mol. The minimum Gasteiger partial charge on any atom is -0.196 e. The lowest BCUT2D eigenvalue weighted by Gasteiger charge is -2.13. The van der Waals surface area contributed by atoms with E-state index in [1.165, 1.54) is 27.2 Å². The van der Waals surface area contributed by atoms with E-state index in [9.17, 15) is 0 Å². The van der Waals surface area contributed by atoms with Gasteiger partial charge in [-0.05, 0) is 42.8 Å². The molecule has 1 aromatic heterocycles. The first kappa shape index (κ1) is 13.1. The second kappa shape index (κ2) is 4.90. The molecule has 0 saturated heterocycles. The fourth-order valence-electron chi connectivity index (χ4n) is 3.04. The largest absolute Gasteiger partial charge is 0.220 e. The van der Waals surface area contributed by atoms with Crippen molar-refractivity contribution in [1.82, 2.24) is 0 Å². The van der Waals surface area contributed by atoms with Crippen LogP contribution in [-0.2, 0) is 0 Å². The lowest BCUT2D eigenvalue weighted by molar-refractivity contribution is -0.690. The normalized spacial score (nSPS) is 11.9. The maximum Gasteiger partial charge on any atom is 0.220 e. The highest BCUT2D eigenvalue weighted by atomic mass is 15.0. The summed E-state index contributed by atoms with van der Waals surface area (Å²) in [5.41, 5.74) is 2.80. The second-order valence-corrected chi connectivity index (χ2v) is 6.11. The van der Waals surface area contributed by atoms with Crippen molar-refractivity contribution in [1.29, 1.82) is 0 Å². The summed E-state index contributed by atoms with van der Waals surface area (Å²) in [6.45, 7) is 9.04. The number of nitrogens with zero attached hydrogens (tertiary/aromatic N) is 1. The fraction of sp³-hybridized carbons (Fsp3) is 0.316. The SMILES string of the molecule is CC(C)c1cccc2ccc3ccc[n+](C(C)C)c3c12. The summed E-state index contributed by atoms with van der Waals surface area (Å²) in [5, 5.41) is 4.07. The first-order chi connectivity index (χ1) is 9.59. The Labute approximate surface area is 120 Å². The van der Waals surface area contributed by atoms with Gasteiger partial charge in [-0.2, -0.15) is 4.57 Å². The van der Waals surface area contributed by atoms with Crippen LogP contribution in [0.15, 0.2) is 48.7 Å². The predicted octanol–water partition coefficient (Wildman–Crippen LogP) is 4.98. The molecule has 0 atom stereocenters. The highest BCUT2D eigenvalue weighted by Gasteiger charge is 2.18. The molecule has 0 saturated carbocycles. The fourth-order valence-corrected chi connectivity index (χ4v) is 3.04. The van der Waals surface area contributed by atoms with Crippen molar-refractivity contribution >= 4 is 21.7 Å². The molecule has 3 rings (SSSR count). The number of rotatable bonds is 2. The van der Waals surface area contributed by atoms with Gasteiger partial charge in [-0.3, -0.25) is 0 Å². The van der Waals surface area contributed by atoms with Gasteiger partial charge in [0.15, 0.2) is 12.2 Å². The van der Waals surface area contributed by atoms with E-state index in [0.717, 1.165) is 0 Å². The summed E-state index contributed by atoms with van der Waals surface area (Å²) in [5.74, 6) is 0.533. The number of benzene rings is 2. The third kappa shape index (κ3) is 1.98. The van der Waals surface area contributed by atoms with Gasteiger partial charge in [-0.25, -0.2) is 0 Å². The van der Waals surface area contributed by atoms with Crippen molar-refractivity contribution in [3.8, 4) is 0 Å². The number of hydrogen-bond acceptors (Lipinski definition) is 0. The molecule has 102 valence electrons. The number of hydrogen-bond donors (Lipinski definition) is 0. The lowest BCUT2D eigenvalue weighted by atomic mass is 9.94. The molecule has 1 heterocycles. The molecule has 2 aromatic carbocycles. The van der Waals surface area contributed by atoms with Crippen molar-refractivity contribution in [2.75, 3.05) is 0 Å². The van der Waals surface area contributed by atoms with Crippen molar-refractivity contribution in [3.63, 3.8) is 0 Å². The summed E-state index contributed by atoms with van der Waals surface area (Å²) < 4.78 is 2.39. The van der Waals surface area contributed by atoms with Gasteiger partial charge in [0.05, 0.1) is 5.39 Å². The quantitative estimate of drug-likeness (QED) is 0.454. The molecule has 0 bridgehead atoms. The van der Waals surface area contributed by atoms with Crippen LogP contribution in [0.5, 0.6) is 0 Å². The molecule has 0 amide bonds. The van der Waals surface area contributed by atoms with Gasteiger partial charge >= 0.3 is 0 Å². The van der Waals surface area contributed by atoms with Crippen molar-refractivity contribution in [2.24, 2.45) is 0 Å². The summed E-state index contributed by atoms with van der Waals surface area (Å²) in [7, 11) is 0. The van der Waals surface area contributed by atoms with Crippen LogP contribution < -0.4 is 4.57 Å². The molecule has 0 aliphatic heterocycles. The molecule has 3 aromatic rings. The summed E-state index contributed by atoms with van der Waals surface area (Å²) in [4.78, 5) is 0. The average Bonchev–Trinajstić information content (AvgIpc) is 2.45. The first-order valence-corrected chi connectivity index (χ1v) is 7.45. The van der Waals surface area contributed by atoms with E-state index in [0.29, 0.717) is 12.0 Å². The maximum absolute atomic E-state index is 2.39. The van der Waals surface area contributed by atoms with Crippen LogP contribution in [0.2, 0.25) is 0 Å². The Kier molecular flexibility index (Phi) is 3.21. The van der Waals surface area contributed by atoms with Crippen LogP contribution >= 0.6 is 0 Å². The Morgan fingerprint density at radius 1 is 0.800 bits per heavy atom. The topological polar surface area (TPSA) is 3.88 Å². The zero-order chi connectivity index (χ0) is 14.3. The van der Waals surface area contributed by atoms with E-state index in [4.69, 9.17) is 0 Å². The van der Waals surface area contributed by atoms with Gasteiger partial charge in [-0.1, -0.05) is 38.1 Å². The van der Waals surface area contributed by atoms with E-state index in [1.54, 1.807) is 0 Å². The van der Waals surface area contributed by atoms with Crippen molar-refractivity contribution in [3.05, 3.63) is 54.2 Å². The van der Waals surface area contributed by atoms with Crippen LogP contribution in [0.3, 0.4) is 0 Å². The van der Waals surface area contributed by atoms with Crippen LogP contribution in [0.4, 0.5) is 0 Å². The predicted molar refractivity (Wildman–Crippen MR) is 86.1 cm³/mol. The Morgan fingerprint density at radius 2 is 1.50 bits per heavy atom. The van der Waals surface area contributed by atoms with Crippen LogP contribution in [0, 0.1) is 0 Å². The second-order valence-electron chi connectivity index (χ2n) is 6.11. The Hall–Kier alpha value is -1.89. The zero-order valence-corrected chi connectivity index (χ0v) is 12.7. The first-order valence-electron chi connectivity index (χ1n) is 7.45. The minimum absolute atomic E-state index is 0.463. The third-order valence-electron chi connectivity index (χ3n) is 4.04. The van der Waals surface area contributed by atoms with E-state index in [1.807, 2.05) is 0 Å². The van der Waals surface area contributed by atoms with Gasteiger partial charge in [-0.15, -0.1) is 0 Å². The molecule has 0 N–H and O–H groups in total. The molecule has 0 aliphatic rings. The zero-order valence-electron chi connectivity index (χ0n) is 12.7. The van der Waals surface area contributed by atoms with Crippen molar-refractivity contribution in [2.45, 2.75) is 39.7 Å². The van der Waals surface area contributed by atoms with E-state index in [2.05, 4.69) is 80.9 Å². The summed E-state index contributed by atoms with van der Waals surface area (Å²) >= 11 is 0. The Balaban J connectivity index is 2.56. The Morgan fingerprint density at radius 3 is 2.20 bits per heavy atom.